The molecule has 130 valence electrons. The Kier molecular flexibility index (Phi) is 4.32. The molecule has 0 aromatic heterocycles. The van der Waals surface area contributed by atoms with Crippen molar-refractivity contribution in [1.82, 2.24) is 9.80 Å². The van der Waals surface area contributed by atoms with Crippen LogP contribution in [0, 0.1) is 0 Å². The van der Waals surface area contributed by atoms with E-state index in [9.17, 15) is 9.90 Å². The summed E-state index contributed by atoms with van der Waals surface area (Å²) in [5.41, 5.74) is 5.08. The molecule has 0 atom stereocenters. The molecule has 1 saturated heterocycles. The number of amides is 1. The number of carbonyl (C=O) groups excluding carboxylic acids is 1. The number of aliphatic hydroxyl groups is 1. The molecule has 0 spiro atoms. The van der Waals surface area contributed by atoms with Gasteiger partial charge in [-0.05, 0) is 42.1 Å². The van der Waals surface area contributed by atoms with Gasteiger partial charge in [0, 0.05) is 13.1 Å². The largest absolute Gasteiger partial charge is 0.393 e. The zero-order valence-electron chi connectivity index (χ0n) is 14.6. The van der Waals surface area contributed by atoms with Crippen LogP contribution in [0.15, 0.2) is 48.5 Å². The van der Waals surface area contributed by atoms with Crippen LogP contribution in [0.4, 0.5) is 0 Å². The number of hydrogen-bond donors (Lipinski definition) is 1. The van der Waals surface area contributed by atoms with Crippen LogP contribution in [0.5, 0.6) is 0 Å². The summed E-state index contributed by atoms with van der Waals surface area (Å²) in [6, 6.07) is 17.1. The highest BCUT2D eigenvalue weighted by molar-refractivity contribution is 5.81. The van der Waals surface area contributed by atoms with E-state index in [1.54, 1.807) is 0 Å². The van der Waals surface area contributed by atoms with E-state index in [-0.39, 0.29) is 18.1 Å². The topological polar surface area (TPSA) is 43.8 Å². The zero-order valence-corrected chi connectivity index (χ0v) is 14.6. The average Bonchev–Trinajstić information content (AvgIpc) is 2.97. The predicted molar refractivity (Wildman–Crippen MR) is 98.2 cm³/mol. The second-order valence-electron chi connectivity index (χ2n) is 7.10. The molecule has 2 aliphatic rings. The van der Waals surface area contributed by atoms with E-state index in [4.69, 9.17) is 0 Å². The van der Waals surface area contributed by atoms with Crippen LogP contribution in [0.1, 0.15) is 30.0 Å². The molecule has 2 aromatic rings. The predicted octanol–water partition coefficient (Wildman–Crippen LogP) is 2.67. The van der Waals surface area contributed by atoms with E-state index < -0.39 is 0 Å². The molecule has 25 heavy (non-hydrogen) atoms. The number of likely N-dealkylation sites (N-methyl/N-ethyl adjacent to an activating group) is 1. The molecule has 0 unspecified atom stereocenters. The summed E-state index contributed by atoms with van der Waals surface area (Å²) >= 11 is 0. The van der Waals surface area contributed by atoms with Crippen molar-refractivity contribution in [3.05, 3.63) is 59.7 Å². The van der Waals surface area contributed by atoms with E-state index in [2.05, 4.69) is 53.4 Å². The smallest absolute Gasteiger partial charge is 0.236 e. The Bertz CT molecular complexity index is 735. The van der Waals surface area contributed by atoms with Crippen LogP contribution in [-0.4, -0.2) is 53.6 Å². The Labute approximate surface area is 148 Å². The fourth-order valence-corrected chi connectivity index (χ4v) is 4.12. The van der Waals surface area contributed by atoms with E-state index >= 15 is 0 Å². The molecule has 1 N–H and O–H groups in total. The lowest BCUT2D eigenvalue weighted by atomic mass is 10.0. The summed E-state index contributed by atoms with van der Waals surface area (Å²) in [6.07, 6.45) is 1.12. The maximum absolute atomic E-state index is 12.7. The van der Waals surface area contributed by atoms with Gasteiger partial charge in [-0.3, -0.25) is 9.69 Å². The van der Waals surface area contributed by atoms with Gasteiger partial charge >= 0.3 is 0 Å². The Hall–Kier alpha value is -2.17. The first-order valence-electron chi connectivity index (χ1n) is 8.99. The van der Waals surface area contributed by atoms with Gasteiger partial charge in [0.2, 0.25) is 5.91 Å². The maximum atomic E-state index is 12.7. The third kappa shape index (κ3) is 2.96. The van der Waals surface area contributed by atoms with Crippen molar-refractivity contribution in [3.8, 4) is 11.1 Å². The maximum Gasteiger partial charge on any atom is 0.236 e. The minimum atomic E-state index is -0.254. The van der Waals surface area contributed by atoms with Crippen molar-refractivity contribution >= 4 is 5.91 Å². The SMILES string of the molecule is CN(CC(=O)N1CCC(O)CC1)C1c2ccccc2-c2ccccc21. The van der Waals surface area contributed by atoms with Crippen LogP contribution in [0.2, 0.25) is 0 Å². The van der Waals surface area contributed by atoms with Crippen molar-refractivity contribution in [2.24, 2.45) is 0 Å². The number of piperidine rings is 1. The van der Waals surface area contributed by atoms with Gasteiger partial charge in [0.25, 0.3) is 0 Å². The monoisotopic (exact) mass is 336 g/mol. The van der Waals surface area contributed by atoms with Crippen LogP contribution in [-0.2, 0) is 4.79 Å². The van der Waals surface area contributed by atoms with Crippen molar-refractivity contribution in [2.45, 2.75) is 25.0 Å². The number of carbonyl (C=O) groups is 1. The van der Waals surface area contributed by atoms with Crippen LogP contribution in [0.3, 0.4) is 0 Å². The van der Waals surface area contributed by atoms with Crippen LogP contribution >= 0.6 is 0 Å². The van der Waals surface area contributed by atoms with Crippen molar-refractivity contribution in [2.75, 3.05) is 26.7 Å². The number of nitrogens with zero attached hydrogens (tertiary/aromatic N) is 2. The lowest BCUT2D eigenvalue weighted by Crippen LogP contribution is -2.45. The first kappa shape index (κ1) is 16.3. The third-order valence-electron chi connectivity index (χ3n) is 5.44. The number of benzene rings is 2. The molecule has 1 fully saturated rings. The van der Waals surface area contributed by atoms with Crippen LogP contribution < -0.4 is 0 Å². The highest BCUT2D eigenvalue weighted by atomic mass is 16.3. The number of fused-ring (bicyclic) bond motifs is 3. The Morgan fingerprint density at radius 1 is 1.04 bits per heavy atom. The lowest BCUT2D eigenvalue weighted by Gasteiger charge is -2.33. The molecule has 4 rings (SSSR count). The molecule has 0 radical (unpaired) electrons. The van der Waals surface area contributed by atoms with E-state index in [0.29, 0.717) is 32.5 Å². The van der Waals surface area contributed by atoms with Gasteiger partial charge in [-0.2, -0.15) is 0 Å². The van der Waals surface area contributed by atoms with Gasteiger partial charge in [0.15, 0.2) is 0 Å². The molecule has 1 aliphatic carbocycles. The summed E-state index contributed by atoms with van der Waals surface area (Å²) in [5, 5.41) is 9.63. The fraction of sp³-hybridized carbons (Fsp3) is 0.381. The first-order chi connectivity index (χ1) is 12.1. The molecule has 1 amide bonds. The van der Waals surface area contributed by atoms with Gasteiger partial charge in [-0.1, -0.05) is 48.5 Å². The highest BCUT2D eigenvalue weighted by Gasteiger charge is 2.32. The van der Waals surface area contributed by atoms with Crippen molar-refractivity contribution in [3.63, 3.8) is 0 Å². The Balaban J connectivity index is 1.56. The highest BCUT2D eigenvalue weighted by Crippen LogP contribution is 2.45. The minimum absolute atomic E-state index is 0.117. The number of hydrogen-bond acceptors (Lipinski definition) is 3. The number of likely N-dealkylation sites (tertiary alicyclic amines) is 1. The van der Waals surface area contributed by atoms with Gasteiger partial charge < -0.3 is 10.0 Å². The summed E-state index contributed by atoms with van der Waals surface area (Å²) < 4.78 is 0. The van der Waals surface area contributed by atoms with Crippen molar-refractivity contribution < 1.29 is 9.90 Å². The number of rotatable bonds is 3. The normalized spacial score (nSPS) is 17.6. The van der Waals surface area contributed by atoms with Crippen LogP contribution in [0.25, 0.3) is 11.1 Å². The van der Waals surface area contributed by atoms with E-state index in [0.717, 1.165) is 0 Å². The average molecular weight is 336 g/mol. The molecular weight excluding hydrogens is 312 g/mol. The summed E-state index contributed by atoms with van der Waals surface area (Å²) in [7, 11) is 2.03. The van der Waals surface area contributed by atoms with Gasteiger partial charge in [-0.15, -0.1) is 0 Å². The molecule has 2 aromatic carbocycles. The zero-order chi connectivity index (χ0) is 17.4. The minimum Gasteiger partial charge on any atom is -0.393 e. The summed E-state index contributed by atoms with van der Waals surface area (Å²) in [5.74, 6) is 0.149. The quantitative estimate of drug-likeness (QED) is 0.937. The summed E-state index contributed by atoms with van der Waals surface area (Å²) in [4.78, 5) is 16.7. The first-order valence-corrected chi connectivity index (χ1v) is 8.99. The van der Waals surface area contributed by atoms with Gasteiger partial charge in [0.05, 0.1) is 18.7 Å². The second kappa shape index (κ2) is 6.62. The summed E-state index contributed by atoms with van der Waals surface area (Å²) in [6.45, 7) is 1.71. The van der Waals surface area contributed by atoms with Crippen molar-refractivity contribution in [1.29, 1.82) is 0 Å². The van der Waals surface area contributed by atoms with E-state index in [1.165, 1.54) is 22.3 Å². The molecular formula is C21H24N2O2. The third-order valence-corrected chi connectivity index (χ3v) is 5.44. The van der Waals surface area contributed by atoms with Gasteiger partial charge in [-0.25, -0.2) is 0 Å². The molecule has 1 heterocycles. The second-order valence-corrected chi connectivity index (χ2v) is 7.10. The molecule has 0 saturated carbocycles. The lowest BCUT2D eigenvalue weighted by molar-refractivity contribution is -0.134. The molecule has 0 bridgehead atoms. The Morgan fingerprint density at radius 3 is 2.12 bits per heavy atom. The van der Waals surface area contributed by atoms with E-state index in [1.807, 2.05) is 11.9 Å². The Morgan fingerprint density at radius 2 is 1.56 bits per heavy atom. The molecule has 4 heteroatoms. The fourth-order valence-electron chi connectivity index (χ4n) is 4.12. The molecule has 4 nitrogen and oxygen atoms in total. The molecule has 1 aliphatic heterocycles. The number of aliphatic hydroxyl groups excluding tert-OH is 1. The van der Waals surface area contributed by atoms with Gasteiger partial charge in [0.1, 0.15) is 0 Å². The standard InChI is InChI=1S/C21H24N2O2/c1-22(14-20(25)23-12-10-15(24)11-13-23)21-18-8-4-2-6-16(18)17-7-3-5-9-19(17)21/h2-9,15,21,24H,10-14H2,1H3.